The summed E-state index contributed by atoms with van der Waals surface area (Å²) in [5.74, 6) is -3.11. The van der Waals surface area contributed by atoms with E-state index in [1.54, 1.807) is 0 Å². The lowest BCUT2D eigenvalue weighted by Crippen LogP contribution is -2.27. The average Bonchev–Trinajstić information content (AvgIpc) is 3.49. The standard InChI is InChI=1S/C21H20F4N2O2/c1-13(11-14-5-3-2-4-6-14)26-20(27-28-12-15-7-8-15)18-17(29-21(24)25)10-9-16(22)19(18)23/h2-6,9-10,15,21H,1,7-8,11-12H2,(H,26,27). The third-order valence-corrected chi connectivity index (χ3v) is 4.23. The first kappa shape index (κ1) is 20.7. The molecule has 4 nitrogen and oxygen atoms in total. The van der Waals surface area contributed by atoms with Crippen LogP contribution in [0.2, 0.25) is 0 Å². The molecule has 2 aromatic carbocycles. The van der Waals surface area contributed by atoms with Crippen LogP contribution in [0.25, 0.3) is 0 Å². The topological polar surface area (TPSA) is 42.9 Å². The van der Waals surface area contributed by atoms with Crippen LogP contribution < -0.4 is 10.1 Å². The number of benzene rings is 2. The molecule has 1 aliphatic carbocycles. The van der Waals surface area contributed by atoms with Gasteiger partial charge in [0.25, 0.3) is 0 Å². The molecule has 0 heterocycles. The zero-order valence-electron chi connectivity index (χ0n) is 15.5. The lowest BCUT2D eigenvalue weighted by atomic mass is 10.1. The Labute approximate surface area is 165 Å². The quantitative estimate of drug-likeness (QED) is 0.275. The summed E-state index contributed by atoms with van der Waals surface area (Å²) in [6.45, 7) is 0.928. The third kappa shape index (κ3) is 5.97. The summed E-state index contributed by atoms with van der Waals surface area (Å²) < 4.78 is 58.3. The maximum atomic E-state index is 14.5. The number of halogens is 4. The molecule has 1 saturated carbocycles. The van der Waals surface area contributed by atoms with Crippen molar-refractivity contribution in [3.63, 3.8) is 0 Å². The minimum Gasteiger partial charge on any atom is -0.434 e. The molecule has 0 amide bonds. The van der Waals surface area contributed by atoms with E-state index in [1.165, 1.54) is 0 Å². The molecule has 0 spiro atoms. The number of hydrogen-bond donors (Lipinski definition) is 1. The predicted molar refractivity (Wildman–Crippen MR) is 101 cm³/mol. The number of nitrogens with one attached hydrogen (secondary N) is 1. The maximum Gasteiger partial charge on any atom is 0.387 e. The Balaban J connectivity index is 1.88. The van der Waals surface area contributed by atoms with Gasteiger partial charge in [-0.3, -0.25) is 0 Å². The molecular formula is C21H20F4N2O2. The smallest absolute Gasteiger partial charge is 0.387 e. The first-order chi connectivity index (χ1) is 13.9. The van der Waals surface area contributed by atoms with E-state index in [1.807, 2.05) is 30.3 Å². The van der Waals surface area contributed by atoms with Crippen LogP contribution in [-0.4, -0.2) is 19.1 Å². The first-order valence-electron chi connectivity index (χ1n) is 9.06. The Morgan fingerprint density at radius 1 is 1.14 bits per heavy atom. The van der Waals surface area contributed by atoms with Crippen LogP contribution in [0.15, 0.2) is 59.9 Å². The van der Waals surface area contributed by atoms with Gasteiger partial charge in [-0.15, -0.1) is 0 Å². The van der Waals surface area contributed by atoms with Gasteiger partial charge < -0.3 is 14.9 Å². The lowest BCUT2D eigenvalue weighted by Gasteiger charge is -2.16. The van der Waals surface area contributed by atoms with Crippen LogP contribution >= 0.6 is 0 Å². The van der Waals surface area contributed by atoms with E-state index in [2.05, 4.69) is 21.8 Å². The number of allylic oxidation sites excluding steroid dienone is 1. The molecule has 0 bridgehead atoms. The number of ether oxygens (including phenoxy) is 1. The molecule has 0 aromatic heterocycles. The van der Waals surface area contributed by atoms with Crippen LogP contribution in [0.5, 0.6) is 5.75 Å². The van der Waals surface area contributed by atoms with Crippen molar-refractivity contribution in [2.45, 2.75) is 25.9 Å². The fraction of sp³-hybridized carbons (Fsp3) is 0.286. The fourth-order valence-electron chi connectivity index (χ4n) is 2.62. The molecular weight excluding hydrogens is 388 g/mol. The van der Waals surface area contributed by atoms with Crippen LogP contribution in [-0.2, 0) is 11.3 Å². The summed E-state index contributed by atoms with van der Waals surface area (Å²) in [5.41, 5.74) is 0.707. The molecule has 1 fully saturated rings. The van der Waals surface area contributed by atoms with Crippen LogP contribution in [0, 0.1) is 17.6 Å². The van der Waals surface area contributed by atoms with Gasteiger partial charge in [-0.25, -0.2) is 8.78 Å². The van der Waals surface area contributed by atoms with Gasteiger partial charge in [-0.05, 0) is 36.5 Å². The van der Waals surface area contributed by atoms with Crippen molar-refractivity contribution in [1.82, 2.24) is 5.32 Å². The molecule has 0 saturated heterocycles. The highest BCUT2D eigenvalue weighted by molar-refractivity contribution is 6.02. The zero-order chi connectivity index (χ0) is 20.8. The van der Waals surface area contributed by atoms with E-state index in [-0.39, 0.29) is 12.4 Å². The third-order valence-electron chi connectivity index (χ3n) is 4.23. The molecule has 0 aliphatic heterocycles. The monoisotopic (exact) mass is 408 g/mol. The molecule has 29 heavy (non-hydrogen) atoms. The van der Waals surface area contributed by atoms with E-state index in [0.717, 1.165) is 24.5 Å². The Hall–Kier alpha value is -3.03. The zero-order valence-corrected chi connectivity index (χ0v) is 15.5. The van der Waals surface area contributed by atoms with Gasteiger partial charge in [-0.1, -0.05) is 42.1 Å². The maximum absolute atomic E-state index is 14.5. The molecule has 1 aliphatic rings. The first-order valence-corrected chi connectivity index (χ1v) is 9.06. The molecule has 2 aromatic rings. The number of rotatable bonds is 9. The van der Waals surface area contributed by atoms with Gasteiger partial charge in [0.05, 0.1) is 0 Å². The predicted octanol–water partition coefficient (Wildman–Crippen LogP) is 5.00. The van der Waals surface area contributed by atoms with Crippen LogP contribution in [0.4, 0.5) is 17.6 Å². The number of hydrogen-bond acceptors (Lipinski definition) is 3. The summed E-state index contributed by atoms with van der Waals surface area (Å²) in [5, 5.41) is 6.60. The summed E-state index contributed by atoms with van der Waals surface area (Å²) in [6.07, 6.45) is 2.34. The molecule has 0 radical (unpaired) electrons. The van der Waals surface area contributed by atoms with Gasteiger partial charge in [0.15, 0.2) is 17.5 Å². The number of alkyl halides is 2. The highest BCUT2D eigenvalue weighted by atomic mass is 19.3. The van der Waals surface area contributed by atoms with Crippen molar-refractivity contribution in [3.8, 4) is 5.75 Å². The van der Waals surface area contributed by atoms with E-state index < -0.39 is 29.6 Å². The number of nitrogens with zero attached hydrogens (tertiary/aromatic N) is 1. The lowest BCUT2D eigenvalue weighted by molar-refractivity contribution is -0.0502. The second kappa shape index (κ2) is 9.45. The molecule has 0 unspecified atom stereocenters. The highest BCUT2D eigenvalue weighted by Crippen LogP contribution is 2.29. The normalized spacial score (nSPS) is 14.0. The minimum absolute atomic E-state index is 0.290. The Morgan fingerprint density at radius 3 is 2.52 bits per heavy atom. The van der Waals surface area contributed by atoms with Gasteiger partial charge in [0.1, 0.15) is 17.9 Å². The average molecular weight is 408 g/mol. The van der Waals surface area contributed by atoms with Crippen molar-refractivity contribution in [3.05, 3.63) is 77.5 Å². The number of oxime groups is 1. The second-order valence-electron chi connectivity index (χ2n) is 6.68. The van der Waals surface area contributed by atoms with Crippen LogP contribution in [0.3, 0.4) is 0 Å². The van der Waals surface area contributed by atoms with Gasteiger partial charge >= 0.3 is 6.61 Å². The summed E-state index contributed by atoms with van der Waals surface area (Å²) >= 11 is 0. The van der Waals surface area contributed by atoms with Gasteiger partial charge in [-0.2, -0.15) is 8.78 Å². The minimum atomic E-state index is -3.22. The Bertz CT molecular complexity index is 884. The van der Waals surface area contributed by atoms with E-state index in [9.17, 15) is 17.6 Å². The second-order valence-corrected chi connectivity index (χ2v) is 6.68. The SMILES string of the molecule is C=C(Cc1ccccc1)N/C(=N\OCC1CC1)c1c(OC(F)F)ccc(F)c1F. The highest BCUT2D eigenvalue weighted by Gasteiger charge is 2.25. The van der Waals surface area contributed by atoms with Crippen molar-refractivity contribution in [1.29, 1.82) is 0 Å². The molecule has 0 atom stereocenters. The Kier molecular flexibility index (Phi) is 6.74. The molecule has 3 rings (SSSR count). The van der Waals surface area contributed by atoms with E-state index >= 15 is 0 Å². The van der Waals surface area contributed by atoms with E-state index in [4.69, 9.17) is 4.84 Å². The molecule has 154 valence electrons. The summed E-state index contributed by atoms with van der Waals surface area (Å²) in [7, 11) is 0. The summed E-state index contributed by atoms with van der Waals surface area (Å²) in [6, 6.07) is 10.9. The Morgan fingerprint density at radius 2 is 1.86 bits per heavy atom. The molecule has 8 heteroatoms. The van der Waals surface area contributed by atoms with Crippen molar-refractivity contribution < 1.29 is 27.1 Å². The van der Waals surface area contributed by atoms with Gasteiger partial charge in [0.2, 0.25) is 0 Å². The largest absolute Gasteiger partial charge is 0.434 e. The van der Waals surface area contributed by atoms with E-state index in [0.29, 0.717) is 24.1 Å². The van der Waals surface area contributed by atoms with Crippen molar-refractivity contribution in [2.75, 3.05) is 6.61 Å². The molecule has 1 N–H and O–H groups in total. The van der Waals surface area contributed by atoms with Gasteiger partial charge in [0, 0.05) is 12.1 Å². The fourth-order valence-corrected chi connectivity index (χ4v) is 2.62. The summed E-state index contributed by atoms with van der Waals surface area (Å²) in [4.78, 5) is 5.23. The van der Waals surface area contributed by atoms with Crippen molar-refractivity contribution in [2.24, 2.45) is 11.1 Å². The van der Waals surface area contributed by atoms with Crippen molar-refractivity contribution >= 4 is 5.84 Å². The van der Waals surface area contributed by atoms with Crippen LogP contribution in [0.1, 0.15) is 24.0 Å². The number of amidine groups is 1.